The third-order valence-electron chi connectivity index (χ3n) is 4.05. The van der Waals surface area contributed by atoms with E-state index < -0.39 is 16.1 Å². The average Bonchev–Trinajstić information content (AvgIpc) is 2.51. The van der Waals surface area contributed by atoms with Crippen molar-refractivity contribution in [2.45, 2.75) is 31.2 Å². The van der Waals surface area contributed by atoms with Gasteiger partial charge in [0.25, 0.3) is 0 Å². The number of halogens is 1. The number of aryl methyl sites for hydroxylation is 2. The highest BCUT2D eigenvalue weighted by Crippen LogP contribution is 2.23. The van der Waals surface area contributed by atoms with Gasteiger partial charge in [0.2, 0.25) is 10.0 Å². The van der Waals surface area contributed by atoms with Crippen LogP contribution < -0.4 is 4.72 Å². The molecule has 0 aliphatic rings. The largest absolute Gasteiger partial charge is 0.309 e. The molecule has 0 saturated heterocycles. The van der Waals surface area contributed by atoms with E-state index in [1.807, 2.05) is 32.0 Å². The SMILES string of the molecule is Cc1ccc(S(=O)(=O)NC(CCN(C)C)c2ccc(F)cc2)c(C)c1. The first-order chi connectivity index (χ1) is 11.7. The Hall–Kier alpha value is -1.76. The summed E-state index contributed by atoms with van der Waals surface area (Å²) in [5, 5.41) is 0. The number of nitrogens with zero attached hydrogens (tertiary/aromatic N) is 1. The number of benzene rings is 2. The molecule has 0 bridgehead atoms. The standard InChI is InChI=1S/C19H25FN2O2S/c1-14-5-10-19(15(2)13-14)25(23,24)21-18(11-12-22(3)4)16-6-8-17(20)9-7-16/h5-10,13,18,21H,11-12H2,1-4H3. The topological polar surface area (TPSA) is 49.4 Å². The van der Waals surface area contributed by atoms with Crippen LogP contribution in [0.1, 0.15) is 29.2 Å². The van der Waals surface area contributed by atoms with Gasteiger partial charge in [-0.1, -0.05) is 29.8 Å². The van der Waals surface area contributed by atoms with Crippen LogP contribution in [0, 0.1) is 19.7 Å². The minimum atomic E-state index is -3.68. The van der Waals surface area contributed by atoms with Crippen LogP contribution in [-0.4, -0.2) is 34.0 Å². The van der Waals surface area contributed by atoms with Crippen LogP contribution in [0.2, 0.25) is 0 Å². The lowest BCUT2D eigenvalue weighted by Gasteiger charge is -2.22. The summed E-state index contributed by atoms with van der Waals surface area (Å²) in [7, 11) is 0.186. The Morgan fingerprint density at radius 3 is 2.28 bits per heavy atom. The normalized spacial score (nSPS) is 13.2. The lowest BCUT2D eigenvalue weighted by Crippen LogP contribution is -2.31. The van der Waals surface area contributed by atoms with Crippen molar-refractivity contribution in [2.75, 3.05) is 20.6 Å². The monoisotopic (exact) mass is 364 g/mol. The molecule has 0 radical (unpaired) electrons. The molecule has 6 heteroatoms. The molecule has 136 valence electrons. The van der Waals surface area contributed by atoms with Gasteiger partial charge in [0.15, 0.2) is 0 Å². The van der Waals surface area contributed by atoms with Gasteiger partial charge in [-0.15, -0.1) is 0 Å². The summed E-state index contributed by atoms with van der Waals surface area (Å²) in [6, 6.07) is 10.8. The van der Waals surface area contributed by atoms with Gasteiger partial charge in [0.05, 0.1) is 4.90 Å². The zero-order valence-electron chi connectivity index (χ0n) is 15.1. The maximum Gasteiger partial charge on any atom is 0.241 e. The molecule has 0 heterocycles. The molecule has 0 aliphatic heterocycles. The van der Waals surface area contributed by atoms with Crippen LogP contribution in [0.15, 0.2) is 47.4 Å². The molecule has 0 fully saturated rings. The Kier molecular flexibility index (Phi) is 6.32. The van der Waals surface area contributed by atoms with E-state index in [2.05, 4.69) is 4.72 Å². The highest BCUT2D eigenvalue weighted by atomic mass is 32.2. The van der Waals surface area contributed by atoms with E-state index in [1.165, 1.54) is 12.1 Å². The molecule has 2 aromatic carbocycles. The van der Waals surface area contributed by atoms with Crippen LogP contribution >= 0.6 is 0 Å². The molecule has 1 atom stereocenters. The minimum Gasteiger partial charge on any atom is -0.309 e. The van der Waals surface area contributed by atoms with Crippen molar-refractivity contribution >= 4 is 10.0 Å². The molecule has 0 aromatic heterocycles. The summed E-state index contributed by atoms with van der Waals surface area (Å²) in [4.78, 5) is 2.26. The maximum atomic E-state index is 13.2. The summed E-state index contributed by atoms with van der Waals surface area (Å²) >= 11 is 0. The van der Waals surface area contributed by atoms with Gasteiger partial charge in [-0.25, -0.2) is 17.5 Å². The van der Waals surface area contributed by atoms with E-state index in [4.69, 9.17) is 0 Å². The average molecular weight is 364 g/mol. The van der Waals surface area contributed by atoms with Gasteiger partial charge in [-0.2, -0.15) is 0 Å². The third-order valence-corrected chi connectivity index (χ3v) is 5.69. The van der Waals surface area contributed by atoms with Gasteiger partial charge >= 0.3 is 0 Å². The van der Waals surface area contributed by atoms with Crippen LogP contribution in [0.25, 0.3) is 0 Å². The Labute approximate surface area is 149 Å². The number of nitrogens with one attached hydrogen (secondary N) is 1. The summed E-state index contributed by atoms with van der Waals surface area (Å²) in [6.45, 7) is 4.42. The molecule has 2 rings (SSSR count). The highest BCUT2D eigenvalue weighted by molar-refractivity contribution is 7.89. The fraction of sp³-hybridized carbons (Fsp3) is 0.368. The first kappa shape index (κ1) is 19.6. The molecule has 0 aliphatic carbocycles. The quantitative estimate of drug-likeness (QED) is 0.819. The summed E-state index contributed by atoms with van der Waals surface area (Å²) in [5.74, 6) is -0.340. The Balaban J connectivity index is 2.32. The number of rotatable bonds is 7. The zero-order chi connectivity index (χ0) is 18.6. The van der Waals surface area contributed by atoms with Crippen LogP contribution in [0.5, 0.6) is 0 Å². The number of sulfonamides is 1. The summed E-state index contributed by atoms with van der Waals surface area (Å²) < 4.78 is 41.7. The predicted octanol–water partition coefficient (Wildman–Crippen LogP) is 3.41. The van der Waals surface area contributed by atoms with E-state index >= 15 is 0 Å². The number of hydrogen-bond donors (Lipinski definition) is 1. The van der Waals surface area contributed by atoms with Crippen molar-refractivity contribution in [2.24, 2.45) is 0 Å². The van der Waals surface area contributed by atoms with Crippen molar-refractivity contribution in [3.05, 3.63) is 65.0 Å². The van der Waals surface area contributed by atoms with Gasteiger partial charge < -0.3 is 4.90 Å². The second-order valence-corrected chi connectivity index (χ2v) is 8.27. The van der Waals surface area contributed by atoms with Gasteiger partial charge in [-0.05, 0) is 70.2 Å². The smallest absolute Gasteiger partial charge is 0.241 e. The van der Waals surface area contributed by atoms with Crippen LogP contribution in [0.4, 0.5) is 4.39 Å². The Morgan fingerprint density at radius 1 is 1.08 bits per heavy atom. The number of hydrogen-bond acceptors (Lipinski definition) is 3. The molecule has 0 amide bonds. The first-order valence-corrected chi connectivity index (χ1v) is 9.67. The first-order valence-electron chi connectivity index (χ1n) is 8.19. The molecule has 4 nitrogen and oxygen atoms in total. The second-order valence-electron chi connectivity index (χ2n) is 6.59. The van der Waals surface area contributed by atoms with Crippen molar-refractivity contribution in [3.8, 4) is 0 Å². The fourth-order valence-corrected chi connectivity index (χ4v) is 4.21. The minimum absolute atomic E-state index is 0.273. The van der Waals surface area contributed by atoms with Gasteiger partial charge in [-0.3, -0.25) is 0 Å². The molecule has 0 saturated carbocycles. The molecule has 1 unspecified atom stereocenters. The fourth-order valence-electron chi connectivity index (χ4n) is 2.73. The van der Waals surface area contributed by atoms with E-state index in [9.17, 15) is 12.8 Å². The molecule has 2 aromatic rings. The third kappa shape index (κ3) is 5.36. The second kappa shape index (κ2) is 8.08. The van der Waals surface area contributed by atoms with E-state index in [-0.39, 0.29) is 10.7 Å². The van der Waals surface area contributed by atoms with E-state index in [0.29, 0.717) is 18.5 Å². The lowest BCUT2D eigenvalue weighted by molar-refractivity contribution is 0.375. The van der Waals surface area contributed by atoms with Crippen molar-refractivity contribution < 1.29 is 12.8 Å². The summed E-state index contributed by atoms with van der Waals surface area (Å²) in [6.07, 6.45) is 0.586. The Bertz CT molecular complexity index is 818. The molecule has 25 heavy (non-hydrogen) atoms. The Morgan fingerprint density at radius 2 is 1.72 bits per heavy atom. The molecular formula is C19H25FN2O2S. The van der Waals surface area contributed by atoms with E-state index in [1.54, 1.807) is 31.2 Å². The van der Waals surface area contributed by atoms with Crippen LogP contribution in [-0.2, 0) is 10.0 Å². The predicted molar refractivity (Wildman–Crippen MR) is 98.5 cm³/mol. The van der Waals surface area contributed by atoms with E-state index in [0.717, 1.165) is 11.1 Å². The zero-order valence-corrected chi connectivity index (χ0v) is 15.9. The van der Waals surface area contributed by atoms with Crippen molar-refractivity contribution in [1.82, 2.24) is 9.62 Å². The van der Waals surface area contributed by atoms with Crippen molar-refractivity contribution in [3.63, 3.8) is 0 Å². The molecule has 0 spiro atoms. The molecular weight excluding hydrogens is 339 g/mol. The van der Waals surface area contributed by atoms with Crippen LogP contribution in [0.3, 0.4) is 0 Å². The summed E-state index contributed by atoms with van der Waals surface area (Å²) in [5.41, 5.74) is 2.47. The van der Waals surface area contributed by atoms with Gasteiger partial charge in [0, 0.05) is 6.04 Å². The van der Waals surface area contributed by atoms with Crippen molar-refractivity contribution in [1.29, 1.82) is 0 Å². The van der Waals surface area contributed by atoms with Gasteiger partial charge in [0.1, 0.15) is 5.82 Å². The lowest BCUT2D eigenvalue weighted by atomic mass is 10.0. The maximum absolute atomic E-state index is 13.2. The molecule has 1 N–H and O–H groups in total. The highest BCUT2D eigenvalue weighted by Gasteiger charge is 2.23.